The number of thiocarbonyl (C=S) groups is 1. The van der Waals surface area contributed by atoms with Gasteiger partial charge in [-0.2, -0.15) is 0 Å². The Balaban J connectivity index is 1.81. The Hall–Kier alpha value is -2.50. The summed E-state index contributed by atoms with van der Waals surface area (Å²) in [6.45, 7) is 2.04. The summed E-state index contributed by atoms with van der Waals surface area (Å²) >= 11 is 8.75. The lowest BCUT2D eigenvalue weighted by molar-refractivity contribution is -0.130. The number of benzene rings is 2. The zero-order valence-corrected chi connectivity index (χ0v) is 19.5. The second-order valence-electron chi connectivity index (χ2n) is 7.15. The number of cyclic esters (lactones) is 1. The number of imide groups is 1. The lowest BCUT2D eigenvalue weighted by Gasteiger charge is -2.28. The van der Waals surface area contributed by atoms with E-state index in [2.05, 4.69) is 21.2 Å². The number of amides is 2. The Morgan fingerprint density at radius 3 is 2.55 bits per heavy atom. The molecule has 11 heteroatoms. The fourth-order valence-electron chi connectivity index (χ4n) is 3.60. The van der Waals surface area contributed by atoms with Crippen LogP contribution in [-0.2, 0) is 19.6 Å². The maximum Gasteiger partial charge on any atom is 0.416 e. The molecule has 0 saturated carbocycles. The fraction of sp³-hybridized carbons (Fsp3) is 0.250. The third kappa shape index (κ3) is 3.92. The van der Waals surface area contributed by atoms with Gasteiger partial charge >= 0.3 is 6.09 Å². The van der Waals surface area contributed by atoms with Crippen LogP contribution in [0.4, 0.5) is 4.79 Å². The van der Waals surface area contributed by atoms with Crippen molar-refractivity contribution < 1.29 is 22.7 Å². The van der Waals surface area contributed by atoms with Gasteiger partial charge in [-0.15, -0.1) is 0 Å². The number of ether oxygens (including phenoxy) is 1. The molecule has 2 aliphatic rings. The van der Waals surface area contributed by atoms with Gasteiger partial charge in [0, 0.05) is 4.47 Å². The van der Waals surface area contributed by atoms with Gasteiger partial charge in [-0.05, 0) is 49.0 Å². The summed E-state index contributed by atoms with van der Waals surface area (Å²) in [7, 11) is -4.09. The van der Waals surface area contributed by atoms with Gasteiger partial charge in [0.15, 0.2) is 5.11 Å². The Morgan fingerprint density at radius 1 is 1.23 bits per heavy atom. The van der Waals surface area contributed by atoms with E-state index in [0.29, 0.717) is 10.0 Å². The molecule has 0 unspecified atom stereocenters. The van der Waals surface area contributed by atoms with E-state index < -0.39 is 34.1 Å². The molecular weight excluding hydrogens is 506 g/mol. The lowest BCUT2D eigenvalue weighted by atomic mass is 10.00. The van der Waals surface area contributed by atoms with Gasteiger partial charge in [-0.1, -0.05) is 45.8 Å². The highest BCUT2D eigenvalue weighted by atomic mass is 79.9. The molecule has 31 heavy (non-hydrogen) atoms. The van der Waals surface area contributed by atoms with Crippen molar-refractivity contribution in [3.05, 3.63) is 64.1 Å². The quantitative estimate of drug-likeness (QED) is 0.615. The van der Waals surface area contributed by atoms with Gasteiger partial charge < -0.3 is 10.1 Å². The Morgan fingerprint density at radius 2 is 1.94 bits per heavy atom. The predicted octanol–water partition coefficient (Wildman–Crippen LogP) is 2.73. The number of nitrogens with one attached hydrogen (secondary N) is 1. The topological polar surface area (TPSA) is 96.0 Å². The summed E-state index contributed by atoms with van der Waals surface area (Å²) < 4.78 is 33.7. The summed E-state index contributed by atoms with van der Waals surface area (Å²) in [5.41, 5.74) is 1.45. The molecule has 2 aromatic carbocycles. The Bertz CT molecular complexity index is 1170. The molecule has 1 N–H and O–H groups in total. The highest BCUT2D eigenvalue weighted by Crippen LogP contribution is 2.37. The highest BCUT2D eigenvalue weighted by molar-refractivity contribution is 9.10. The lowest BCUT2D eigenvalue weighted by Crippen LogP contribution is -2.47. The van der Waals surface area contributed by atoms with E-state index in [1.165, 1.54) is 12.1 Å². The third-order valence-electron chi connectivity index (χ3n) is 5.11. The van der Waals surface area contributed by atoms with E-state index >= 15 is 0 Å². The molecule has 0 spiro atoms. The molecule has 2 saturated heterocycles. The van der Waals surface area contributed by atoms with E-state index in [4.69, 9.17) is 17.0 Å². The van der Waals surface area contributed by atoms with Gasteiger partial charge in [-0.25, -0.2) is 22.4 Å². The second kappa shape index (κ2) is 8.21. The minimum absolute atomic E-state index is 0.0518. The van der Waals surface area contributed by atoms with Crippen LogP contribution in [0, 0.1) is 6.92 Å². The van der Waals surface area contributed by atoms with Crippen LogP contribution < -0.4 is 5.32 Å². The zero-order valence-electron chi connectivity index (χ0n) is 16.3. The monoisotopic (exact) mass is 523 g/mol. The number of carbonyl (C=O) groups excluding carboxylic acids is 2. The summed E-state index contributed by atoms with van der Waals surface area (Å²) in [5.74, 6) is -0.601. The summed E-state index contributed by atoms with van der Waals surface area (Å²) in [5, 5.41) is 2.71. The first-order valence-corrected chi connectivity index (χ1v) is 12.0. The number of halogens is 1. The molecule has 2 aliphatic heterocycles. The zero-order chi connectivity index (χ0) is 22.3. The first kappa shape index (κ1) is 21.7. The van der Waals surface area contributed by atoms with Gasteiger partial charge in [0.25, 0.3) is 15.9 Å². The van der Waals surface area contributed by atoms with E-state index in [1.807, 2.05) is 6.92 Å². The minimum atomic E-state index is -4.09. The first-order chi connectivity index (χ1) is 14.7. The normalized spacial score (nSPS) is 21.2. The molecule has 0 aromatic heterocycles. The molecular formula is C20H18BrN3O5S2. The number of aryl methyl sites for hydroxylation is 1. The Kier molecular flexibility index (Phi) is 5.75. The average Bonchev–Trinajstić information content (AvgIpc) is 3.31. The van der Waals surface area contributed by atoms with Crippen molar-refractivity contribution >= 4 is 55.3 Å². The van der Waals surface area contributed by atoms with E-state index in [0.717, 1.165) is 14.8 Å². The van der Waals surface area contributed by atoms with Gasteiger partial charge in [0.1, 0.15) is 18.7 Å². The van der Waals surface area contributed by atoms with Crippen molar-refractivity contribution in [1.82, 2.24) is 14.5 Å². The maximum atomic E-state index is 13.5. The van der Waals surface area contributed by atoms with Crippen molar-refractivity contribution in [2.75, 3.05) is 13.2 Å². The standard InChI is InChI=1S/C20H18BrN3O5S2/c1-12-5-7-15(8-6-12)31(27,28)24-17(13-3-2-4-14(21)11-13)16(22-19(24)30)18(25)23-9-10-29-20(23)26/h2-8,11,16-17H,9-10H2,1H3,(H,22,30)/t16-,17+/m0/s1. The third-order valence-corrected chi connectivity index (χ3v) is 7.83. The minimum Gasteiger partial charge on any atom is -0.447 e. The molecule has 4 rings (SSSR count). The molecule has 0 bridgehead atoms. The molecule has 2 atom stereocenters. The van der Waals surface area contributed by atoms with Crippen molar-refractivity contribution in [2.24, 2.45) is 0 Å². The number of nitrogens with zero attached hydrogens (tertiary/aromatic N) is 2. The van der Waals surface area contributed by atoms with Crippen LogP contribution in [0.1, 0.15) is 17.2 Å². The predicted molar refractivity (Wildman–Crippen MR) is 120 cm³/mol. The van der Waals surface area contributed by atoms with Crippen LogP contribution in [0.2, 0.25) is 0 Å². The van der Waals surface area contributed by atoms with Crippen molar-refractivity contribution in [3.8, 4) is 0 Å². The van der Waals surface area contributed by atoms with Gasteiger partial charge in [0.2, 0.25) is 0 Å². The number of hydrogen-bond acceptors (Lipinski definition) is 6. The SMILES string of the molecule is Cc1ccc(S(=O)(=O)N2C(=S)N[C@H](C(=O)N3CCOC3=O)[C@H]2c2cccc(Br)c2)cc1. The molecule has 2 fully saturated rings. The molecule has 0 aliphatic carbocycles. The van der Waals surface area contributed by atoms with Crippen molar-refractivity contribution in [2.45, 2.75) is 23.9 Å². The average molecular weight is 524 g/mol. The van der Waals surface area contributed by atoms with Crippen LogP contribution in [0.3, 0.4) is 0 Å². The van der Waals surface area contributed by atoms with Crippen LogP contribution >= 0.6 is 28.1 Å². The first-order valence-electron chi connectivity index (χ1n) is 9.35. The van der Waals surface area contributed by atoms with Gasteiger partial charge in [0.05, 0.1) is 11.4 Å². The largest absolute Gasteiger partial charge is 0.447 e. The molecule has 0 radical (unpaired) electrons. The number of hydrogen-bond donors (Lipinski definition) is 1. The van der Waals surface area contributed by atoms with Crippen LogP contribution in [0.5, 0.6) is 0 Å². The molecule has 8 nitrogen and oxygen atoms in total. The smallest absolute Gasteiger partial charge is 0.416 e. The second-order valence-corrected chi connectivity index (χ2v) is 10.3. The molecule has 2 amide bonds. The van der Waals surface area contributed by atoms with Gasteiger partial charge in [-0.3, -0.25) is 4.79 Å². The van der Waals surface area contributed by atoms with Crippen molar-refractivity contribution in [3.63, 3.8) is 0 Å². The summed E-state index contributed by atoms with van der Waals surface area (Å²) in [4.78, 5) is 26.2. The molecule has 2 aromatic rings. The van der Waals surface area contributed by atoms with Crippen LogP contribution in [0.25, 0.3) is 0 Å². The van der Waals surface area contributed by atoms with Crippen LogP contribution in [0.15, 0.2) is 57.9 Å². The molecule has 162 valence electrons. The number of carbonyl (C=O) groups is 2. The number of rotatable bonds is 4. The van der Waals surface area contributed by atoms with E-state index in [-0.39, 0.29) is 23.2 Å². The fourth-order valence-corrected chi connectivity index (χ4v) is 6.07. The highest BCUT2D eigenvalue weighted by Gasteiger charge is 2.50. The maximum absolute atomic E-state index is 13.5. The molecule has 2 heterocycles. The summed E-state index contributed by atoms with van der Waals surface area (Å²) in [6, 6.07) is 11.3. The van der Waals surface area contributed by atoms with E-state index in [9.17, 15) is 18.0 Å². The van der Waals surface area contributed by atoms with Crippen molar-refractivity contribution in [1.29, 1.82) is 0 Å². The summed E-state index contributed by atoms with van der Waals surface area (Å²) in [6.07, 6.45) is -0.759. The number of sulfonamides is 1. The Labute approximate surface area is 193 Å². The van der Waals surface area contributed by atoms with Crippen LogP contribution in [-0.4, -0.2) is 53.9 Å². The van der Waals surface area contributed by atoms with E-state index in [1.54, 1.807) is 36.4 Å².